The van der Waals surface area contributed by atoms with Crippen molar-refractivity contribution in [1.29, 1.82) is 0 Å². The van der Waals surface area contributed by atoms with Crippen molar-refractivity contribution in [3.63, 3.8) is 0 Å². The summed E-state index contributed by atoms with van der Waals surface area (Å²) in [6, 6.07) is 0. The fourth-order valence-electron chi connectivity index (χ4n) is 5.13. The lowest BCUT2D eigenvalue weighted by Crippen LogP contribution is -2.49. The Morgan fingerprint density at radius 1 is 1.39 bits per heavy atom. The van der Waals surface area contributed by atoms with Crippen molar-refractivity contribution in [3.05, 3.63) is 23.3 Å². The van der Waals surface area contributed by atoms with E-state index < -0.39 is 0 Å². The summed E-state index contributed by atoms with van der Waals surface area (Å²) in [6.45, 7) is 11.8. The quantitative estimate of drug-likeness (QED) is 0.378. The maximum absolute atomic E-state index is 11.4. The average Bonchev–Trinajstić information content (AvgIpc) is 2.52. The fraction of sp³-hybridized carbons (Fsp3) is 0.762. The van der Waals surface area contributed by atoms with Crippen LogP contribution in [0.25, 0.3) is 0 Å². The molecule has 0 N–H and O–H groups in total. The monoisotopic (exact) mass is 318 g/mol. The van der Waals surface area contributed by atoms with E-state index in [0.717, 1.165) is 23.8 Å². The molecule has 4 atom stereocenters. The minimum absolute atomic E-state index is 0.231. The molecule has 0 aliphatic heterocycles. The normalized spacial score (nSPS) is 37.8. The Morgan fingerprint density at radius 3 is 2.74 bits per heavy atom. The summed E-state index contributed by atoms with van der Waals surface area (Å²) in [7, 11) is 1.44. The van der Waals surface area contributed by atoms with Crippen LogP contribution in [0.1, 0.15) is 73.1 Å². The topological polar surface area (TPSA) is 26.3 Å². The molecular formula is C21H34O2. The van der Waals surface area contributed by atoms with Gasteiger partial charge < -0.3 is 4.74 Å². The van der Waals surface area contributed by atoms with Gasteiger partial charge in [-0.15, -0.1) is 0 Å². The zero-order chi connectivity index (χ0) is 17.3. The van der Waals surface area contributed by atoms with Gasteiger partial charge in [-0.25, -0.2) is 4.79 Å². The van der Waals surface area contributed by atoms with Crippen LogP contribution in [0.3, 0.4) is 0 Å². The molecule has 0 bridgehead atoms. The molecule has 2 nitrogen and oxygen atoms in total. The predicted octanol–water partition coefficient (Wildman–Crippen LogP) is 5.68. The van der Waals surface area contributed by atoms with Gasteiger partial charge in [0, 0.05) is 6.08 Å². The van der Waals surface area contributed by atoms with Crippen LogP contribution >= 0.6 is 0 Å². The molecule has 2 heteroatoms. The van der Waals surface area contributed by atoms with Gasteiger partial charge >= 0.3 is 5.97 Å². The van der Waals surface area contributed by atoms with Gasteiger partial charge in [-0.1, -0.05) is 38.0 Å². The zero-order valence-corrected chi connectivity index (χ0v) is 15.9. The molecule has 2 aliphatic carbocycles. The second-order valence-corrected chi connectivity index (χ2v) is 8.39. The second kappa shape index (κ2) is 6.83. The largest absolute Gasteiger partial charge is 0.466 e. The lowest BCUT2D eigenvalue weighted by molar-refractivity contribution is -0.134. The standard InChI is InChI=1S/C21H34O2/c1-15(14-19(22)23-6)10-12-20(4)17(3)11-13-21(5)16(2)8-7-9-18(20)21/h8,14,17-18H,7,9-13H2,1-6H3/b15-14+/t17-,18+,20-,21+/m0/s1. The van der Waals surface area contributed by atoms with E-state index in [-0.39, 0.29) is 5.97 Å². The number of hydrogen-bond acceptors (Lipinski definition) is 2. The first kappa shape index (κ1) is 18.3. The van der Waals surface area contributed by atoms with Crippen LogP contribution in [0.4, 0.5) is 0 Å². The third kappa shape index (κ3) is 3.41. The van der Waals surface area contributed by atoms with Gasteiger partial charge in [-0.05, 0) is 75.0 Å². The first-order valence-electron chi connectivity index (χ1n) is 9.16. The minimum Gasteiger partial charge on any atom is -0.466 e. The molecule has 0 saturated heterocycles. The number of ether oxygens (including phenoxy) is 1. The van der Waals surface area contributed by atoms with Crippen molar-refractivity contribution >= 4 is 5.97 Å². The van der Waals surface area contributed by atoms with E-state index in [9.17, 15) is 4.79 Å². The third-order valence-electron chi connectivity index (χ3n) is 7.22. The first-order chi connectivity index (χ1) is 10.7. The van der Waals surface area contributed by atoms with Gasteiger partial charge in [0.25, 0.3) is 0 Å². The SMILES string of the molecule is COC(=O)/C=C(\C)CC[C@]1(C)[C@H]2CCC=C(C)[C@@]2(C)CC[C@@H]1C. The molecule has 0 heterocycles. The smallest absolute Gasteiger partial charge is 0.330 e. The number of rotatable bonds is 4. The van der Waals surface area contributed by atoms with Gasteiger partial charge in [-0.3, -0.25) is 0 Å². The Kier molecular flexibility index (Phi) is 5.43. The highest BCUT2D eigenvalue weighted by Crippen LogP contribution is 2.61. The van der Waals surface area contributed by atoms with E-state index in [2.05, 4.69) is 40.7 Å². The van der Waals surface area contributed by atoms with E-state index in [1.165, 1.54) is 39.2 Å². The Morgan fingerprint density at radius 2 is 2.09 bits per heavy atom. The average molecular weight is 319 g/mol. The lowest BCUT2D eigenvalue weighted by atomic mass is 9.47. The summed E-state index contributed by atoms with van der Waals surface area (Å²) in [5, 5.41) is 0. The Bertz CT molecular complexity index is 516. The maximum atomic E-state index is 11.4. The van der Waals surface area contributed by atoms with Crippen molar-refractivity contribution in [2.45, 2.75) is 73.1 Å². The number of methoxy groups -OCH3 is 1. The Hall–Kier alpha value is -1.05. The summed E-state index contributed by atoms with van der Waals surface area (Å²) in [5.74, 6) is 1.28. The van der Waals surface area contributed by atoms with Crippen molar-refractivity contribution < 1.29 is 9.53 Å². The molecule has 1 fully saturated rings. The molecule has 23 heavy (non-hydrogen) atoms. The maximum Gasteiger partial charge on any atom is 0.330 e. The van der Waals surface area contributed by atoms with E-state index in [0.29, 0.717) is 10.8 Å². The molecule has 0 unspecified atom stereocenters. The zero-order valence-electron chi connectivity index (χ0n) is 15.9. The summed E-state index contributed by atoms with van der Waals surface area (Å²) in [4.78, 5) is 11.4. The summed E-state index contributed by atoms with van der Waals surface area (Å²) in [5.41, 5.74) is 3.47. The van der Waals surface area contributed by atoms with Crippen LogP contribution in [0.2, 0.25) is 0 Å². The highest BCUT2D eigenvalue weighted by molar-refractivity contribution is 5.82. The van der Waals surface area contributed by atoms with Crippen molar-refractivity contribution in [2.75, 3.05) is 7.11 Å². The third-order valence-corrected chi connectivity index (χ3v) is 7.22. The molecular weight excluding hydrogens is 284 g/mol. The molecule has 2 rings (SSSR count). The molecule has 0 spiro atoms. The van der Waals surface area contributed by atoms with Crippen LogP contribution < -0.4 is 0 Å². The number of hydrogen-bond donors (Lipinski definition) is 0. The molecule has 130 valence electrons. The predicted molar refractivity (Wildman–Crippen MR) is 96.1 cm³/mol. The first-order valence-corrected chi connectivity index (χ1v) is 9.16. The van der Waals surface area contributed by atoms with Gasteiger partial charge in [0.15, 0.2) is 0 Å². The van der Waals surface area contributed by atoms with Gasteiger partial charge in [0.1, 0.15) is 0 Å². The van der Waals surface area contributed by atoms with Gasteiger partial charge in [0.2, 0.25) is 0 Å². The molecule has 0 radical (unpaired) electrons. The van der Waals surface area contributed by atoms with Gasteiger partial charge in [-0.2, -0.15) is 0 Å². The number of allylic oxidation sites excluding steroid dienone is 3. The highest BCUT2D eigenvalue weighted by Gasteiger charge is 2.52. The van der Waals surface area contributed by atoms with E-state index >= 15 is 0 Å². The van der Waals surface area contributed by atoms with Crippen LogP contribution in [0.5, 0.6) is 0 Å². The van der Waals surface area contributed by atoms with E-state index in [1.54, 1.807) is 11.6 Å². The van der Waals surface area contributed by atoms with Crippen molar-refractivity contribution in [1.82, 2.24) is 0 Å². The van der Waals surface area contributed by atoms with Crippen molar-refractivity contribution in [2.24, 2.45) is 22.7 Å². The summed E-state index contributed by atoms with van der Waals surface area (Å²) >= 11 is 0. The summed E-state index contributed by atoms with van der Waals surface area (Å²) in [6.07, 6.45) is 11.5. The van der Waals surface area contributed by atoms with Crippen LogP contribution in [0, 0.1) is 22.7 Å². The van der Waals surface area contributed by atoms with Gasteiger partial charge in [0.05, 0.1) is 7.11 Å². The molecule has 0 aromatic heterocycles. The van der Waals surface area contributed by atoms with E-state index in [4.69, 9.17) is 4.74 Å². The molecule has 1 saturated carbocycles. The van der Waals surface area contributed by atoms with Crippen LogP contribution in [-0.4, -0.2) is 13.1 Å². The lowest BCUT2D eigenvalue weighted by Gasteiger charge is -2.58. The molecule has 0 aromatic rings. The number of fused-ring (bicyclic) bond motifs is 1. The fourth-order valence-corrected chi connectivity index (χ4v) is 5.13. The van der Waals surface area contributed by atoms with Crippen molar-refractivity contribution in [3.8, 4) is 0 Å². The summed E-state index contributed by atoms with van der Waals surface area (Å²) < 4.78 is 4.75. The molecule has 2 aliphatic rings. The highest BCUT2D eigenvalue weighted by atomic mass is 16.5. The molecule has 0 amide bonds. The second-order valence-electron chi connectivity index (χ2n) is 8.39. The number of carbonyl (C=O) groups is 1. The number of carbonyl (C=O) groups excluding carboxylic acids is 1. The Labute approximate surface area is 142 Å². The minimum atomic E-state index is -0.231. The Balaban J connectivity index is 2.19. The van der Waals surface area contributed by atoms with Crippen LogP contribution in [0.15, 0.2) is 23.3 Å². The number of esters is 1. The van der Waals surface area contributed by atoms with E-state index in [1.807, 2.05) is 0 Å². The van der Waals surface area contributed by atoms with Crippen LogP contribution in [-0.2, 0) is 9.53 Å². The molecule has 0 aromatic carbocycles.